The average molecular weight is 781 g/mol. The van der Waals surface area contributed by atoms with Crippen LogP contribution in [0.15, 0.2) is 158 Å². The second kappa shape index (κ2) is 15.3. The first-order valence-corrected chi connectivity index (χ1v) is 20.1. The molecule has 58 heavy (non-hydrogen) atoms. The Balaban J connectivity index is 0.00000469. The van der Waals surface area contributed by atoms with E-state index in [9.17, 15) is 0 Å². The number of nitrogens with zero attached hydrogens (tertiary/aromatic N) is 4. The van der Waals surface area contributed by atoms with Crippen LogP contribution in [-0.2, 0) is 5.41 Å². The summed E-state index contributed by atoms with van der Waals surface area (Å²) in [6.07, 6.45) is 4.13. The number of para-hydroxylation sites is 4. The zero-order chi connectivity index (χ0) is 39.4. The van der Waals surface area contributed by atoms with E-state index < -0.39 is 0 Å². The van der Waals surface area contributed by atoms with Crippen molar-refractivity contribution in [3.8, 4) is 39.8 Å². The van der Waals surface area contributed by atoms with Crippen LogP contribution in [0.2, 0.25) is 0 Å². The molecule has 5 nitrogen and oxygen atoms in total. The van der Waals surface area contributed by atoms with Gasteiger partial charge in [0.05, 0.1) is 11.0 Å². The number of rotatable bonds is 8. The number of halogens is 1. The molecule has 0 amide bonds. The van der Waals surface area contributed by atoms with Gasteiger partial charge in [-0.15, -0.1) is 0 Å². The molecule has 0 fully saturated rings. The van der Waals surface area contributed by atoms with Crippen LogP contribution in [-0.4, -0.2) is 14.1 Å². The molecule has 0 atom stereocenters. The Labute approximate surface area is 347 Å². The Morgan fingerprint density at radius 2 is 1.28 bits per heavy atom. The minimum atomic E-state index is -0.0114. The lowest BCUT2D eigenvalue weighted by molar-refractivity contribution is -0.567. The smallest absolute Gasteiger partial charge is 0.255 e. The first-order valence-electron chi connectivity index (χ1n) is 20.1. The molecule has 9 aromatic rings. The average Bonchev–Trinajstić information content (AvgIpc) is 3.77. The molecule has 0 bridgehead atoms. The summed E-state index contributed by atoms with van der Waals surface area (Å²) in [4.78, 5) is 4.91. The predicted octanol–water partition coefficient (Wildman–Crippen LogP) is 10.4. The molecule has 6 aromatic carbocycles. The number of hydrogen-bond acceptors (Lipinski definition) is 2. The highest BCUT2D eigenvalue weighted by Gasteiger charge is 2.23. The summed E-state index contributed by atoms with van der Waals surface area (Å²) in [5.74, 6) is 3.12. The monoisotopic (exact) mass is 780 g/mol. The minimum Gasteiger partial charge on any atom is -1.00 e. The molecule has 0 aliphatic heterocycles. The Bertz CT molecular complexity index is 2910. The van der Waals surface area contributed by atoms with Crippen LogP contribution >= 0.6 is 0 Å². The molecule has 0 radical (unpaired) electrons. The van der Waals surface area contributed by atoms with Crippen molar-refractivity contribution in [2.24, 2.45) is 0 Å². The number of fused-ring (bicyclic) bond motifs is 4. The van der Waals surface area contributed by atoms with Crippen molar-refractivity contribution >= 4 is 32.8 Å². The molecule has 0 aliphatic rings. The third-order valence-corrected chi connectivity index (χ3v) is 11.2. The fourth-order valence-corrected chi connectivity index (χ4v) is 8.33. The van der Waals surface area contributed by atoms with Crippen LogP contribution in [0.5, 0.6) is 11.5 Å². The van der Waals surface area contributed by atoms with Gasteiger partial charge in [-0.3, -0.25) is 4.57 Å². The standard InChI is InChI=1S/C52H49N4O.ClH/c1-34(2)42-19-15-20-43(35(3)4)51(42)36-28-39(55-33-54(38-16-9-8-10-17-38)47-22-13-14-23-48(47)55)31-41(29-36)57-40-24-25-45-44-18-11-12-21-46(44)56(49(45)32-40)50-30-37(26-27-53-50)52(5,6)7;/h8-35H,1-7H3;1H/q+1;/p-1. The number of pyridine rings is 1. The van der Waals surface area contributed by atoms with E-state index in [0.717, 1.165) is 61.7 Å². The van der Waals surface area contributed by atoms with E-state index in [4.69, 9.17) is 9.72 Å². The molecule has 0 aliphatic carbocycles. The maximum Gasteiger partial charge on any atom is 0.255 e. The third-order valence-electron chi connectivity index (χ3n) is 11.2. The molecule has 0 spiro atoms. The van der Waals surface area contributed by atoms with Crippen LogP contribution in [0.25, 0.3) is 61.2 Å². The van der Waals surface area contributed by atoms with Crippen LogP contribution in [0, 0.1) is 0 Å². The number of ether oxygens (including phenoxy) is 1. The van der Waals surface area contributed by atoms with Crippen molar-refractivity contribution in [3.63, 3.8) is 0 Å². The summed E-state index contributed by atoms with van der Waals surface area (Å²) in [7, 11) is 0. The van der Waals surface area contributed by atoms with Gasteiger partial charge in [0.15, 0.2) is 11.0 Å². The maximum atomic E-state index is 7.03. The maximum absolute atomic E-state index is 7.03. The van der Waals surface area contributed by atoms with Gasteiger partial charge in [0.25, 0.3) is 6.33 Å². The molecule has 0 unspecified atom stereocenters. The van der Waals surface area contributed by atoms with Gasteiger partial charge in [0.1, 0.15) is 28.7 Å². The summed E-state index contributed by atoms with van der Waals surface area (Å²) in [5.41, 5.74) is 12.9. The van der Waals surface area contributed by atoms with E-state index in [1.165, 1.54) is 27.6 Å². The first-order chi connectivity index (χ1) is 27.5. The third kappa shape index (κ3) is 6.94. The summed E-state index contributed by atoms with van der Waals surface area (Å²) < 4.78 is 13.9. The van der Waals surface area contributed by atoms with Crippen molar-refractivity contribution < 1.29 is 21.7 Å². The van der Waals surface area contributed by atoms with Crippen molar-refractivity contribution in [3.05, 3.63) is 175 Å². The van der Waals surface area contributed by atoms with Crippen molar-refractivity contribution in [1.82, 2.24) is 14.1 Å². The summed E-state index contributed by atoms with van der Waals surface area (Å²) in [5, 5.41) is 2.34. The zero-order valence-corrected chi connectivity index (χ0v) is 35.0. The van der Waals surface area contributed by atoms with Gasteiger partial charge in [-0.25, -0.2) is 4.98 Å². The van der Waals surface area contributed by atoms with Crippen LogP contribution in [0.1, 0.15) is 77.0 Å². The molecule has 6 heteroatoms. The first kappa shape index (κ1) is 38.7. The highest BCUT2D eigenvalue weighted by molar-refractivity contribution is 6.09. The van der Waals surface area contributed by atoms with Gasteiger partial charge in [0, 0.05) is 29.1 Å². The lowest BCUT2D eigenvalue weighted by Crippen LogP contribution is -3.00. The molecule has 0 saturated heterocycles. The van der Waals surface area contributed by atoms with Gasteiger partial charge in [0.2, 0.25) is 0 Å². The van der Waals surface area contributed by atoms with Crippen LogP contribution in [0.3, 0.4) is 0 Å². The summed E-state index contributed by atoms with van der Waals surface area (Å²) in [6.45, 7) is 15.9. The Morgan fingerprint density at radius 3 is 2.00 bits per heavy atom. The number of aromatic nitrogens is 4. The fraction of sp³-hybridized carbons (Fsp3) is 0.192. The van der Waals surface area contributed by atoms with E-state index in [1.54, 1.807) is 0 Å². The Hall–Kier alpha value is -6.17. The summed E-state index contributed by atoms with van der Waals surface area (Å²) >= 11 is 0. The second-order valence-electron chi connectivity index (χ2n) is 16.8. The Kier molecular flexibility index (Phi) is 10.2. The predicted molar refractivity (Wildman–Crippen MR) is 236 cm³/mol. The van der Waals surface area contributed by atoms with Crippen LogP contribution < -0.4 is 21.7 Å². The summed E-state index contributed by atoms with van der Waals surface area (Å²) in [6, 6.07) is 52.0. The van der Waals surface area contributed by atoms with Crippen molar-refractivity contribution in [1.29, 1.82) is 0 Å². The highest BCUT2D eigenvalue weighted by Crippen LogP contribution is 2.41. The lowest BCUT2D eigenvalue weighted by atomic mass is 9.85. The lowest BCUT2D eigenvalue weighted by Gasteiger charge is -2.21. The van der Waals surface area contributed by atoms with Gasteiger partial charge < -0.3 is 17.1 Å². The normalized spacial score (nSPS) is 11.9. The molecular formula is C52H49ClN4O. The number of benzene rings is 6. The van der Waals surface area contributed by atoms with E-state index in [1.807, 2.05) is 6.20 Å². The molecule has 0 N–H and O–H groups in total. The van der Waals surface area contributed by atoms with Gasteiger partial charge >= 0.3 is 0 Å². The van der Waals surface area contributed by atoms with E-state index in [-0.39, 0.29) is 17.8 Å². The molecular weight excluding hydrogens is 732 g/mol. The van der Waals surface area contributed by atoms with Crippen molar-refractivity contribution in [2.45, 2.75) is 65.7 Å². The molecule has 0 saturated carbocycles. The minimum absolute atomic E-state index is 0. The molecule has 290 valence electrons. The molecule has 3 aromatic heterocycles. The quantitative estimate of drug-likeness (QED) is 0.144. The van der Waals surface area contributed by atoms with E-state index in [2.05, 4.69) is 214 Å². The van der Waals surface area contributed by atoms with E-state index >= 15 is 0 Å². The molecule has 9 rings (SSSR count). The second-order valence-corrected chi connectivity index (χ2v) is 16.8. The number of hydrogen-bond donors (Lipinski definition) is 0. The zero-order valence-electron chi connectivity index (χ0n) is 34.2. The van der Waals surface area contributed by atoms with E-state index in [0.29, 0.717) is 11.8 Å². The van der Waals surface area contributed by atoms with Gasteiger partial charge in [-0.2, -0.15) is 9.13 Å². The van der Waals surface area contributed by atoms with Crippen LogP contribution in [0.4, 0.5) is 0 Å². The van der Waals surface area contributed by atoms with Gasteiger partial charge in [-0.1, -0.05) is 115 Å². The largest absolute Gasteiger partial charge is 1.00 e. The fourth-order valence-electron chi connectivity index (χ4n) is 8.33. The Morgan fingerprint density at radius 1 is 0.603 bits per heavy atom. The topological polar surface area (TPSA) is 35.9 Å². The molecule has 3 heterocycles. The highest BCUT2D eigenvalue weighted by atomic mass is 35.5. The van der Waals surface area contributed by atoms with Gasteiger partial charge in [-0.05, 0) is 112 Å². The SMILES string of the molecule is CC(C)c1cccc(C(C)C)c1-c1cc(Oc2ccc3c4ccccc4n(-c4cc(C(C)(C)C)ccn4)c3c2)cc(-n2c[n+](-c3ccccc3)c3ccccc32)c1.[Cl-]. The number of imidazole rings is 1. The van der Waals surface area contributed by atoms with Crippen molar-refractivity contribution in [2.75, 3.05) is 0 Å².